The van der Waals surface area contributed by atoms with Crippen LogP contribution in [0.25, 0.3) is 0 Å². The molecule has 4 heteroatoms. The minimum Gasteiger partial charge on any atom is -0.363 e. The first-order chi connectivity index (χ1) is 11.3. The van der Waals surface area contributed by atoms with Gasteiger partial charge in [-0.25, -0.2) is 0 Å². The van der Waals surface area contributed by atoms with E-state index in [2.05, 4.69) is 46.4 Å². The smallest absolute Gasteiger partial charge is 0.169 e. The van der Waals surface area contributed by atoms with Gasteiger partial charge in [0.15, 0.2) is 5.11 Å². The number of rotatable bonds is 8. The third-order valence-electron chi connectivity index (χ3n) is 3.68. The molecule has 3 nitrogen and oxygen atoms in total. The summed E-state index contributed by atoms with van der Waals surface area (Å²) in [5.41, 5.74) is 2.48. The SMILES string of the molecule is CCCCCNC(=S)N(Cc1ccccc1)Cc1ccncc1. The molecule has 0 unspecified atom stereocenters. The second kappa shape index (κ2) is 9.95. The van der Waals surface area contributed by atoms with Crippen molar-refractivity contribution in [3.05, 3.63) is 66.0 Å². The number of pyridine rings is 1. The number of benzene rings is 1. The first kappa shape index (κ1) is 17.4. The molecule has 2 rings (SSSR count). The van der Waals surface area contributed by atoms with Crippen LogP contribution in [0.2, 0.25) is 0 Å². The second-order valence-electron chi connectivity index (χ2n) is 5.64. The lowest BCUT2D eigenvalue weighted by molar-refractivity contribution is 0.398. The van der Waals surface area contributed by atoms with Crippen LogP contribution >= 0.6 is 12.2 Å². The average Bonchev–Trinajstić information content (AvgIpc) is 2.60. The molecule has 0 amide bonds. The van der Waals surface area contributed by atoms with Crippen LogP contribution in [0, 0.1) is 0 Å². The van der Waals surface area contributed by atoms with Crippen molar-refractivity contribution in [2.45, 2.75) is 39.3 Å². The Labute approximate surface area is 144 Å². The fourth-order valence-corrected chi connectivity index (χ4v) is 2.63. The standard InChI is InChI=1S/C19H25N3S/c1-2-3-7-12-21-19(23)22(15-17-8-5-4-6-9-17)16-18-10-13-20-14-11-18/h4-6,8-11,13-14H,2-3,7,12,15-16H2,1H3,(H,21,23). The van der Waals surface area contributed by atoms with Gasteiger partial charge in [0, 0.05) is 32.0 Å². The highest BCUT2D eigenvalue weighted by atomic mass is 32.1. The zero-order valence-corrected chi connectivity index (χ0v) is 14.6. The van der Waals surface area contributed by atoms with Crippen molar-refractivity contribution in [2.24, 2.45) is 0 Å². The van der Waals surface area contributed by atoms with Crippen molar-refractivity contribution in [1.29, 1.82) is 0 Å². The number of thiocarbonyl (C=S) groups is 1. The molecular weight excluding hydrogens is 302 g/mol. The first-order valence-electron chi connectivity index (χ1n) is 8.25. The van der Waals surface area contributed by atoms with Crippen LogP contribution in [0.15, 0.2) is 54.9 Å². The monoisotopic (exact) mass is 327 g/mol. The highest BCUT2D eigenvalue weighted by Crippen LogP contribution is 2.10. The molecule has 0 saturated carbocycles. The summed E-state index contributed by atoms with van der Waals surface area (Å²) >= 11 is 5.62. The zero-order valence-electron chi connectivity index (χ0n) is 13.7. The predicted molar refractivity (Wildman–Crippen MR) is 100 cm³/mol. The summed E-state index contributed by atoms with van der Waals surface area (Å²) in [5, 5.41) is 4.22. The summed E-state index contributed by atoms with van der Waals surface area (Å²) in [7, 11) is 0. The molecule has 1 N–H and O–H groups in total. The molecule has 1 aromatic heterocycles. The Morgan fingerprint density at radius 1 is 1.00 bits per heavy atom. The number of hydrogen-bond donors (Lipinski definition) is 1. The molecule has 0 fully saturated rings. The minimum atomic E-state index is 0.789. The lowest BCUT2D eigenvalue weighted by Crippen LogP contribution is -2.39. The Bertz CT molecular complexity index is 530. The highest BCUT2D eigenvalue weighted by molar-refractivity contribution is 7.80. The Hall–Kier alpha value is -1.94. The van der Waals surface area contributed by atoms with Gasteiger partial charge in [0.25, 0.3) is 0 Å². The van der Waals surface area contributed by atoms with Crippen molar-refractivity contribution >= 4 is 17.3 Å². The van der Waals surface area contributed by atoms with Gasteiger partial charge >= 0.3 is 0 Å². The molecule has 0 spiro atoms. The van der Waals surface area contributed by atoms with Crippen molar-refractivity contribution in [2.75, 3.05) is 6.54 Å². The lowest BCUT2D eigenvalue weighted by Gasteiger charge is -2.26. The van der Waals surface area contributed by atoms with Gasteiger partial charge in [0.1, 0.15) is 0 Å². The van der Waals surface area contributed by atoms with Crippen molar-refractivity contribution < 1.29 is 0 Å². The zero-order chi connectivity index (χ0) is 16.3. The fraction of sp³-hybridized carbons (Fsp3) is 0.368. The molecule has 23 heavy (non-hydrogen) atoms. The number of aromatic nitrogens is 1. The molecule has 0 bridgehead atoms. The third kappa shape index (κ3) is 6.37. The van der Waals surface area contributed by atoms with Crippen LogP contribution in [-0.4, -0.2) is 21.5 Å². The van der Waals surface area contributed by atoms with Crippen LogP contribution in [0.3, 0.4) is 0 Å². The molecule has 0 saturated heterocycles. The normalized spacial score (nSPS) is 10.3. The predicted octanol–water partition coefficient (Wildman–Crippen LogP) is 4.15. The summed E-state index contributed by atoms with van der Waals surface area (Å²) < 4.78 is 0. The summed E-state index contributed by atoms with van der Waals surface area (Å²) in [4.78, 5) is 6.30. The topological polar surface area (TPSA) is 28.2 Å². The van der Waals surface area contributed by atoms with E-state index in [1.54, 1.807) is 0 Å². The molecule has 0 aliphatic heterocycles. The van der Waals surface area contributed by atoms with E-state index in [4.69, 9.17) is 12.2 Å². The fourth-order valence-electron chi connectivity index (χ4n) is 2.39. The number of unbranched alkanes of at least 4 members (excludes halogenated alkanes) is 2. The van der Waals surface area contributed by atoms with Gasteiger partial charge in [-0.1, -0.05) is 50.1 Å². The van der Waals surface area contributed by atoms with Crippen LogP contribution in [-0.2, 0) is 13.1 Å². The molecule has 2 aromatic rings. The minimum absolute atomic E-state index is 0.789. The molecule has 122 valence electrons. The first-order valence-corrected chi connectivity index (χ1v) is 8.66. The van der Waals surface area contributed by atoms with E-state index in [0.717, 1.165) is 31.2 Å². The number of nitrogens with one attached hydrogen (secondary N) is 1. The summed E-state index contributed by atoms with van der Waals surface area (Å²) in [6.45, 7) is 4.75. The quantitative estimate of drug-likeness (QED) is 0.582. The van der Waals surface area contributed by atoms with E-state index in [1.807, 2.05) is 30.6 Å². The van der Waals surface area contributed by atoms with E-state index in [9.17, 15) is 0 Å². The largest absolute Gasteiger partial charge is 0.363 e. The lowest BCUT2D eigenvalue weighted by atomic mass is 10.2. The van der Waals surface area contributed by atoms with Crippen LogP contribution in [0.5, 0.6) is 0 Å². The van der Waals surface area contributed by atoms with E-state index in [-0.39, 0.29) is 0 Å². The van der Waals surface area contributed by atoms with E-state index in [1.165, 1.54) is 24.0 Å². The van der Waals surface area contributed by atoms with Crippen molar-refractivity contribution in [3.63, 3.8) is 0 Å². The van der Waals surface area contributed by atoms with Crippen LogP contribution in [0.4, 0.5) is 0 Å². The van der Waals surface area contributed by atoms with Gasteiger partial charge in [-0.3, -0.25) is 4.98 Å². The van der Waals surface area contributed by atoms with Gasteiger partial charge in [-0.05, 0) is 41.9 Å². The molecular formula is C19H25N3S. The van der Waals surface area contributed by atoms with E-state index in [0.29, 0.717) is 0 Å². The van der Waals surface area contributed by atoms with Gasteiger partial charge in [-0.15, -0.1) is 0 Å². The van der Waals surface area contributed by atoms with Gasteiger partial charge in [-0.2, -0.15) is 0 Å². The Balaban J connectivity index is 2.00. The number of hydrogen-bond acceptors (Lipinski definition) is 2. The van der Waals surface area contributed by atoms with Crippen LogP contribution in [0.1, 0.15) is 37.3 Å². The Morgan fingerprint density at radius 3 is 2.30 bits per heavy atom. The maximum absolute atomic E-state index is 5.62. The van der Waals surface area contributed by atoms with Gasteiger partial charge in [0.05, 0.1) is 0 Å². The third-order valence-corrected chi connectivity index (χ3v) is 4.09. The van der Waals surface area contributed by atoms with E-state index < -0.39 is 0 Å². The molecule has 1 aromatic carbocycles. The van der Waals surface area contributed by atoms with Gasteiger partial charge in [0.2, 0.25) is 0 Å². The molecule has 0 atom stereocenters. The maximum atomic E-state index is 5.62. The van der Waals surface area contributed by atoms with Crippen LogP contribution < -0.4 is 5.32 Å². The van der Waals surface area contributed by atoms with Crippen molar-refractivity contribution in [1.82, 2.24) is 15.2 Å². The molecule has 1 heterocycles. The average molecular weight is 327 g/mol. The van der Waals surface area contributed by atoms with Gasteiger partial charge < -0.3 is 10.2 Å². The number of nitrogens with zero attached hydrogens (tertiary/aromatic N) is 2. The Kier molecular flexibility index (Phi) is 7.54. The second-order valence-corrected chi connectivity index (χ2v) is 6.02. The summed E-state index contributed by atoms with van der Waals surface area (Å²) in [5.74, 6) is 0. The molecule has 0 radical (unpaired) electrons. The van der Waals surface area contributed by atoms with Crippen molar-refractivity contribution in [3.8, 4) is 0 Å². The molecule has 0 aliphatic carbocycles. The summed E-state index contributed by atoms with van der Waals surface area (Å²) in [6.07, 6.45) is 7.27. The molecule has 0 aliphatic rings. The van der Waals surface area contributed by atoms with E-state index >= 15 is 0 Å². The highest BCUT2D eigenvalue weighted by Gasteiger charge is 2.10. The maximum Gasteiger partial charge on any atom is 0.169 e. The Morgan fingerprint density at radius 2 is 1.65 bits per heavy atom. The summed E-state index contributed by atoms with van der Waals surface area (Å²) in [6, 6.07) is 14.5.